The summed E-state index contributed by atoms with van der Waals surface area (Å²) in [6.07, 6.45) is -3.68. The van der Waals surface area contributed by atoms with Crippen LogP contribution in [0.3, 0.4) is 0 Å². The van der Waals surface area contributed by atoms with Crippen molar-refractivity contribution >= 4 is 27.3 Å². The van der Waals surface area contributed by atoms with Crippen LogP contribution in [0.25, 0.3) is 11.3 Å². The lowest BCUT2D eigenvalue weighted by molar-refractivity contribution is -0.211. The minimum Gasteiger partial charge on any atom is -0.350 e. The van der Waals surface area contributed by atoms with Crippen molar-refractivity contribution in [3.63, 3.8) is 0 Å². The third kappa shape index (κ3) is 7.08. The van der Waals surface area contributed by atoms with Crippen LogP contribution < -0.4 is 5.32 Å². The Bertz CT molecular complexity index is 1300. The molecular weight excluding hydrogens is 567 g/mol. The van der Waals surface area contributed by atoms with Gasteiger partial charge in [0.05, 0.1) is 21.4 Å². The van der Waals surface area contributed by atoms with Crippen LogP contribution in [0.1, 0.15) is 74.6 Å². The van der Waals surface area contributed by atoms with Gasteiger partial charge in [0, 0.05) is 48.8 Å². The molecule has 0 atom stereocenters. The quantitative estimate of drug-likeness (QED) is 0.356. The molecule has 1 aliphatic carbocycles. The fourth-order valence-electron chi connectivity index (χ4n) is 4.70. The summed E-state index contributed by atoms with van der Waals surface area (Å²) >= 11 is 6.48. The van der Waals surface area contributed by atoms with E-state index < -0.39 is 45.7 Å². The minimum absolute atomic E-state index is 0.0161. The lowest BCUT2D eigenvalue weighted by Gasteiger charge is -2.27. The molecule has 2 heterocycles. The van der Waals surface area contributed by atoms with E-state index in [2.05, 4.69) is 15.4 Å². The van der Waals surface area contributed by atoms with Gasteiger partial charge in [-0.3, -0.25) is 14.5 Å². The molecule has 0 unspecified atom stereocenters. The van der Waals surface area contributed by atoms with Crippen molar-refractivity contribution in [3.05, 3.63) is 34.2 Å². The highest BCUT2D eigenvalue weighted by Crippen LogP contribution is 2.42. The summed E-state index contributed by atoms with van der Waals surface area (Å²) in [4.78, 5) is 16.9. The van der Waals surface area contributed by atoms with Gasteiger partial charge in [0.1, 0.15) is 9.84 Å². The molecule has 218 valence electrons. The van der Waals surface area contributed by atoms with Crippen LogP contribution in [-0.4, -0.2) is 53.3 Å². The molecule has 1 fully saturated rings. The molecule has 1 saturated carbocycles. The summed E-state index contributed by atoms with van der Waals surface area (Å²) in [5, 5.41) is 6.38. The summed E-state index contributed by atoms with van der Waals surface area (Å²) in [6.45, 7) is 4.05. The van der Waals surface area contributed by atoms with Crippen LogP contribution in [0, 0.1) is 11.3 Å². The number of amides is 1. The smallest absolute Gasteiger partial charge is 0.350 e. The fraction of sp³-hybridized carbons (Fsp3) is 0.640. The molecular formula is C25H32ClF5N4O3S. The second kappa shape index (κ2) is 11.7. The van der Waals surface area contributed by atoms with E-state index in [1.165, 1.54) is 10.9 Å². The molecule has 1 amide bonds. The van der Waals surface area contributed by atoms with Crippen molar-refractivity contribution in [2.75, 3.05) is 12.8 Å². The number of nitrogens with zero attached hydrogens (tertiary/aromatic N) is 3. The first kappa shape index (κ1) is 31.3. The maximum atomic E-state index is 14.1. The topological polar surface area (TPSA) is 94.0 Å². The second-order valence-corrected chi connectivity index (χ2v) is 13.3. The highest BCUT2D eigenvalue weighted by atomic mass is 35.5. The van der Waals surface area contributed by atoms with E-state index >= 15 is 0 Å². The molecule has 2 aromatic heterocycles. The van der Waals surface area contributed by atoms with Crippen LogP contribution in [0.15, 0.2) is 12.3 Å². The summed E-state index contributed by atoms with van der Waals surface area (Å²) < 4.78 is 92.9. The molecule has 0 aromatic carbocycles. The molecule has 1 N–H and O–H groups in total. The largest absolute Gasteiger partial charge is 0.394 e. The Kier molecular flexibility index (Phi) is 9.36. The number of aromatic nitrogens is 3. The van der Waals surface area contributed by atoms with Crippen LogP contribution in [0.5, 0.6) is 0 Å². The fourth-order valence-corrected chi connectivity index (χ4v) is 6.15. The van der Waals surface area contributed by atoms with E-state index in [0.29, 0.717) is 25.7 Å². The molecule has 0 spiro atoms. The van der Waals surface area contributed by atoms with Crippen LogP contribution in [-0.2, 0) is 22.8 Å². The molecule has 0 aliphatic heterocycles. The number of alkyl halides is 5. The van der Waals surface area contributed by atoms with Crippen molar-refractivity contribution in [3.8, 4) is 11.3 Å². The summed E-state index contributed by atoms with van der Waals surface area (Å²) in [5.74, 6) is -0.546. The van der Waals surface area contributed by atoms with Crippen molar-refractivity contribution in [1.29, 1.82) is 0 Å². The monoisotopic (exact) mass is 598 g/mol. The number of carbonyl (C=O) groups is 1. The number of nitrogens with one attached hydrogen (secondary N) is 1. The van der Waals surface area contributed by atoms with Gasteiger partial charge in [0.25, 0.3) is 12.3 Å². The van der Waals surface area contributed by atoms with Gasteiger partial charge in [0.15, 0.2) is 5.69 Å². The van der Waals surface area contributed by atoms with Crippen molar-refractivity contribution in [2.45, 2.75) is 77.3 Å². The van der Waals surface area contributed by atoms with Crippen molar-refractivity contribution < 1.29 is 35.2 Å². The molecule has 0 bridgehead atoms. The lowest BCUT2D eigenvalue weighted by atomic mass is 9.86. The van der Waals surface area contributed by atoms with Crippen LogP contribution >= 0.6 is 11.6 Å². The van der Waals surface area contributed by atoms with Gasteiger partial charge >= 0.3 is 6.18 Å². The maximum absolute atomic E-state index is 14.1. The third-order valence-corrected chi connectivity index (χ3v) is 9.27. The Labute approximate surface area is 229 Å². The first-order valence-electron chi connectivity index (χ1n) is 12.5. The summed E-state index contributed by atoms with van der Waals surface area (Å²) in [7, 11) is -3.11. The van der Waals surface area contributed by atoms with Crippen molar-refractivity contribution in [1.82, 2.24) is 20.1 Å². The van der Waals surface area contributed by atoms with Gasteiger partial charge in [-0.05, 0) is 44.6 Å². The predicted octanol–water partition coefficient (Wildman–Crippen LogP) is 6.02. The molecule has 0 radical (unpaired) electrons. The van der Waals surface area contributed by atoms with E-state index in [4.69, 9.17) is 11.6 Å². The Morgan fingerprint density at radius 2 is 1.82 bits per heavy atom. The number of hydrogen-bond acceptors (Lipinski definition) is 5. The molecule has 2 aromatic rings. The van der Waals surface area contributed by atoms with E-state index in [-0.39, 0.29) is 51.9 Å². The molecule has 14 heteroatoms. The van der Waals surface area contributed by atoms with Crippen LogP contribution in [0.4, 0.5) is 22.0 Å². The van der Waals surface area contributed by atoms with Gasteiger partial charge in [-0.1, -0.05) is 25.4 Å². The normalized spacial score (nSPS) is 18.9. The molecule has 3 rings (SSSR count). The molecule has 39 heavy (non-hydrogen) atoms. The lowest BCUT2D eigenvalue weighted by Crippen LogP contribution is -2.34. The van der Waals surface area contributed by atoms with Gasteiger partial charge in [-0.25, -0.2) is 17.2 Å². The number of aryl methyl sites for hydroxylation is 1. The number of halogens is 6. The third-order valence-electron chi connectivity index (χ3n) is 7.23. The minimum atomic E-state index is -4.56. The zero-order valence-corrected chi connectivity index (χ0v) is 23.7. The number of pyridine rings is 1. The van der Waals surface area contributed by atoms with E-state index in [9.17, 15) is 35.2 Å². The molecule has 7 nitrogen and oxygen atoms in total. The summed E-state index contributed by atoms with van der Waals surface area (Å²) in [6, 6.07) is 0.934. The number of carbonyl (C=O) groups excluding carboxylic acids is 1. The van der Waals surface area contributed by atoms with E-state index in [0.717, 1.165) is 26.1 Å². The highest BCUT2D eigenvalue weighted by Gasteiger charge is 2.47. The van der Waals surface area contributed by atoms with E-state index in [1.54, 1.807) is 6.92 Å². The first-order valence-corrected chi connectivity index (χ1v) is 14.9. The molecule has 0 saturated heterocycles. The van der Waals surface area contributed by atoms with Gasteiger partial charge in [-0.2, -0.15) is 18.3 Å². The first-order chi connectivity index (χ1) is 18.0. The Morgan fingerprint density at radius 3 is 2.33 bits per heavy atom. The van der Waals surface area contributed by atoms with Crippen LogP contribution in [0.2, 0.25) is 5.02 Å². The number of rotatable bonds is 9. The predicted molar refractivity (Wildman–Crippen MR) is 138 cm³/mol. The Morgan fingerprint density at radius 1 is 1.21 bits per heavy atom. The van der Waals surface area contributed by atoms with Gasteiger partial charge < -0.3 is 5.32 Å². The average Bonchev–Trinajstić information content (AvgIpc) is 3.17. The zero-order valence-electron chi connectivity index (χ0n) is 22.1. The van der Waals surface area contributed by atoms with Gasteiger partial charge in [-0.15, -0.1) is 0 Å². The van der Waals surface area contributed by atoms with E-state index in [1.807, 2.05) is 0 Å². The SMILES string of the molecule is CCn1nc(C(=O)NC[C@H]2CC[C@@H](S(C)(=O)=O)CC2)c(Cl)c1-c1cnc(CC(C)(C)C(F)(F)F)cc1C(F)F. The summed E-state index contributed by atoms with van der Waals surface area (Å²) in [5.41, 5.74) is -3.19. The zero-order chi connectivity index (χ0) is 29.3. The number of sulfone groups is 1. The molecule has 1 aliphatic rings. The maximum Gasteiger partial charge on any atom is 0.394 e. The second-order valence-electron chi connectivity index (χ2n) is 10.6. The van der Waals surface area contributed by atoms with Crippen molar-refractivity contribution in [2.24, 2.45) is 11.3 Å². The average molecular weight is 599 g/mol. The Hall–Kier alpha value is -2.28. The Balaban J connectivity index is 1.84. The highest BCUT2D eigenvalue weighted by molar-refractivity contribution is 7.91. The standard InChI is InChI=1S/C25H32ClF5N4O3S/c1-5-35-21(18-13-32-15(10-17(18)22(27)28)11-24(2,3)25(29,30)31)19(26)20(34-35)23(36)33-12-14-6-8-16(9-7-14)39(4,37)38/h10,13-14,16,22H,5-9,11-12H2,1-4H3,(H,33,36)/t14-,16+. The number of hydrogen-bond donors (Lipinski definition) is 1. The van der Waals surface area contributed by atoms with Gasteiger partial charge in [0.2, 0.25) is 0 Å².